The molecule has 39 heavy (non-hydrogen) atoms. The number of likely N-dealkylation sites (tertiary alicyclic amines) is 1. The third-order valence-corrected chi connectivity index (χ3v) is 7.90. The van der Waals surface area contributed by atoms with Crippen LogP contribution in [0.4, 0.5) is 26.7 Å². The van der Waals surface area contributed by atoms with E-state index < -0.39 is 50.9 Å². The summed E-state index contributed by atoms with van der Waals surface area (Å²) in [6.45, 7) is 0.101. The second kappa shape index (κ2) is 12.4. The summed E-state index contributed by atoms with van der Waals surface area (Å²) in [5.41, 5.74) is -1.77. The number of alkyl carbamates (subject to hydrolysis) is 1. The molecule has 0 bridgehead atoms. The summed E-state index contributed by atoms with van der Waals surface area (Å²) in [5, 5.41) is 2.91. The fourth-order valence-corrected chi connectivity index (χ4v) is 5.62. The van der Waals surface area contributed by atoms with Crippen LogP contribution in [0.2, 0.25) is 0 Å². The number of ether oxygens (including phenoxy) is 1. The molecule has 1 saturated heterocycles. The number of nitrogens with zero attached hydrogens (tertiary/aromatic N) is 1. The Morgan fingerprint density at radius 3 is 2.26 bits per heavy atom. The van der Waals surface area contributed by atoms with E-state index in [0.717, 1.165) is 66.3 Å². The smallest absolute Gasteiger partial charge is 0.416 e. The summed E-state index contributed by atoms with van der Waals surface area (Å²) < 4.78 is 70.8. The number of hydrogen-bond donors (Lipinski definition) is 1. The summed E-state index contributed by atoms with van der Waals surface area (Å²) in [6.07, 6.45) is 0.0333. The van der Waals surface area contributed by atoms with Crippen LogP contribution in [-0.4, -0.2) is 41.6 Å². The van der Waals surface area contributed by atoms with E-state index in [-0.39, 0.29) is 25.4 Å². The van der Waals surface area contributed by atoms with E-state index in [1.807, 2.05) is 30.3 Å². The van der Waals surface area contributed by atoms with E-state index in [0.29, 0.717) is 18.6 Å². The van der Waals surface area contributed by atoms with Crippen LogP contribution in [0.3, 0.4) is 0 Å². The highest BCUT2D eigenvalue weighted by molar-refractivity contribution is 14.1. The average Bonchev–Trinajstić information content (AvgIpc) is 2.88. The molecule has 4 rings (SSSR count). The maximum atomic E-state index is 14.1. The number of hydrogen-bond acceptors (Lipinski definition) is 3. The van der Waals surface area contributed by atoms with Crippen molar-refractivity contribution in [1.82, 2.24) is 10.2 Å². The van der Waals surface area contributed by atoms with E-state index in [1.54, 1.807) is 0 Å². The van der Waals surface area contributed by atoms with Gasteiger partial charge in [0.15, 0.2) is 0 Å². The van der Waals surface area contributed by atoms with Gasteiger partial charge >= 0.3 is 16.2 Å². The molecule has 2 aromatic rings. The number of nitrogens with one attached hydrogen (secondary N) is 1. The van der Waals surface area contributed by atoms with Gasteiger partial charge in [-0.3, -0.25) is 4.79 Å². The highest BCUT2D eigenvalue weighted by Crippen LogP contribution is 2.40. The molecule has 1 aliphatic carbocycles. The van der Waals surface area contributed by atoms with Gasteiger partial charge in [0.1, 0.15) is 6.10 Å². The zero-order valence-corrected chi connectivity index (χ0v) is 23.3. The Morgan fingerprint density at radius 1 is 0.949 bits per heavy atom. The van der Waals surface area contributed by atoms with Crippen molar-refractivity contribution < 1.29 is 36.3 Å². The minimum absolute atomic E-state index is 0.0687. The van der Waals surface area contributed by atoms with Gasteiger partial charge in [-0.2, -0.15) is 22.0 Å². The number of carbonyl (C=O) groups is 2. The molecule has 5 nitrogen and oxygen atoms in total. The zero-order chi connectivity index (χ0) is 28.2. The van der Waals surface area contributed by atoms with E-state index in [2.05, 4.69) is 5.32 Å². The Bertz CT molecular complexity index is 1120. The van der Waals surface area contributed by atoms with Crippen molar-refractivity contribution in [1.29, 1.82) is 0 Å². The topological polar surface area (TPSA) is 58.6 Å². The maximum Gasteiger partial charge on any atom is 0.416 e. The molecule has 1 N–H and O–H groups in total. The molecule has 2 aliphatic rings. The molecule has 2 amide bonds. The predicted molar refractivity (Wildman–Crippen MR) is 144 cm³/mol. The maximum absolute atomic E-state index is 14.1. The minimum Gasteiger partial charge on any atom is -0.446 e. The number of halogens is 6. The van der Waals surface area contributed by atoms with Gasteiger partial charge < -0.3 is 15.0 Å². The highest BCUT2D eigenvalue weighted by Gasteiger charge is 2.39. The van der Waals surface area contributed by atoms with E-state index in [1.165, 1.54) is 4.90 Å². The first kappa shape index (κ1) is 29.5. The molecule has 2 atom stereocenters. The molecule has 0 aromatic heterocycles. The molecule has 212 valence electrons. The van der Waals surface area contributed by atoms with Crippen LogP contribution in [0, 0.1) is 0 Å². The van der Waals surface area contributed by atoms with Gasteiger partial charge in [-0.25, -0.2) is 4.79 Å². The zero-order valence-electron chi connectivity index (χ0n) is 21.2. The van der Waals surface area contributed by atoms with E-state index in [4.69, 9.17) is 4.74 Å². The van der Waals surface area contributed by atoms with E-state index >= 15 is 0 Å². The SMILES string of the molecule is O=C(NC1CCCCC1)O[C@H]1CCN(C(=O)c2cc(C(F)(F)F)cc(C(F)(F)I)c2)[C@H](Cc2ccccc2)C1. The van der Waals surface area contributed by atoms with Gasteiger partial charge in [0, 0.05) is 65.2 Å². The monoisotopic (exact) mass is 664 g/mol. The number of piperidine rings is 1. The van der Waals surface area contributed by atoms with Gasteiger partial charge in [0.2, 0.25) is 0 Å². The third kappa shape index (κ3) is 8.04. The Kier molecular flexibility index (Phi) is 9.38. The van der Waals surface area contributed by atoms with Crippen LogP contribution in [-0.2, 0) is 21.3 Å². The van der Waals surface area contributed by atoms with Gasteiger partial charge in [0.05, 0.1) is 5.56 Å². The van der Waals surface area contributed by atoms with Crippen LogP contribution in [0.1, 0.15) is 72.0 Å². The second-order valence-corrected chi connectivity index (χ2v) is 11.5. The molecular formula is C28H30F5IN2O3. The molecule has 0 unspecified atom stereocenters. The summed E-state index contributed by atoms with van der Waals surface area (Å²) in [4.78, 5) is 27.5. The summed E-state index contributed by atoms with van der Waals surface area (Å²) in [5.74, 6) is -0.769. The Morgan fingerprint density at radius 2 is 1.62 bits per heavy atom. The Hall–Kier alpha value is -2.44. The first-order chi connectivity index (χ1) is 18.4. The number of amides is 2. The second-order valence-electron chi connectivity index (χ2n) is 10.2. The van der Waals surface area contributed by atoms with Crippen LogP contribution in [0.5, 0.6) is 0 Å². The minimum atomic E-state index is -4.90. The highest BCUT2D eigenvalue weighted by atomic mass is 127. The van der Waals surface area contributed by atoms with E-state index in [9.17, 15) is 31.5 Å². The van der Waals surface area contributed by atoms with Gasteiger partial charge in [-0.05, 0) is 43.0 Å². The first-order valence-corrected chi connectivity index (χ1v) is 14.1. The van der Waals surface area contributed by atoms with Crippen molar-refractivity contribution >= 4 is 34.6 Å². The molecular weight excluding hydrogens is 634 g/mol. The number of rotatable bonds is 6. The van der Waals surface area contributed by atoms with Crippen LogP contribution in [0.15, 0.2) is 48.5 Å². The fraction of sp³-hybridized carbons (Fsp3) is 0.500. The lowest BCUT2D eigenvalue weighted by Crippen LogP contribution is -2.50. The molecule has 2 aromatic carbocycles. The molecule has 2 fully saturated rings. The molecule has 1 heterocycles. The van der Waals surface area contributed by atoms with Crippen molar-refractivity contribution in [3.63, 3.8) is 0 Å². The molecule has 0 spiro atoms. The average molecular weight is 664 g/mol. The van der Waals surface area contributed by atoms with Crippen LogP contribution >= 0.6 is 22.6 Å². The van der Waals surface area contributed by atoms with Crippen molar-refractivity contribution in [3.8, 4) is 0 Å². The van der Waals surface area contributed by atoms with Gasteiger partial charge in [-0.15, -0.1) is 0 Å². The molecule has 11 heteroatoms. The lowest BCUT2D eigenvalue weighted by atomic mass is 9.92. The quantitative estimate of drug-likeness (QED) is 0.198. The third-order valence-electron chi connectivity index (χ3n) is 7.28. The van der Waals surface area contributed by atoms with Crippen LogP contribution < -0.4 is 5.32 Å². The lowest BCUT2D eigenvalue weighted by Gasteiger charge is -2.39. The predicted octanol–water partition coefficient (Wildman–Crippen LogP) is 7.46. The molecule has 1 saturated carbocycles. The first-order valence-electron chi connectivity index (χ1n) is 13.0. The number of carbonyl (C=O) groups excluding carboxylic acids is 2. The number of alkyl halides is 6. The van der Waals surface area contributed by atoms with Crippen molar-refractivity contribution in [3.05, 3.63) is 70.8 Å². The van der Waals surface area contributed by atoms with Crippen molar-refractivity contribution in [2.75, 3.05) is 6.54 Å². The number of benzene rings is 2. The Balaban J connectivity index is 1.55. The summed E-state index contributed by atoms with van der Waals surface area (Å²) in [6, 6.07) is 10.6. The largest absolute Gasteiger partial charge is 0.446 e. The lowest BCUT2D eigenvalue weighted by molar-refractivity contribution is -0.137. The molecule has 1 aliphatic heterocycles. The Labute approximate surface area is 237 Å². The standard InChI is InChI=1S/C28H30F5IN2O3/c29-27(30,31)20-14-19(15-21(16-20)28(32,33)34)25(37)36-12-11-24(17-23(36)13-18-7-3-1-4-8-18)39-26(38)35-22-9-5-2-6-10-22/h1,3-4,7-8,14-16,22-24H,2,5-6,9-13,17H2,(H,35,38)/t23-,24+/m1/s1. The summed E-state index contributed by atoms with van der Waals surface area (Å²) >= 11 is 0.754. The van der Waals surface area contributed by atoms with Crippen molar-refractivity contribution in [2.45, 2.75) is 79.7 Å². The normalized spacial score (nSPS) is 20.9. The fourth-order valence-electron chi connectivity index (χ4n) is 5.31. The molecule has 0 radical (unpaired) electrons. The summed E-state index contributed by atoms with van der Waals surface area (Å²) in [7, 11) is 0. The van der Waals surface area contributed by atoms with Crippen LogP contribution in [0.25, 0.3) is 0 Å². The van der Waals surface area contributed by atoms with Crippen molar-refractivity contribution in [2.24, 2.45) is 0 Å². The van der Waals surface area contributed by atoms with Gasteiger partial charge in [0.25, 0.3) is 5.91 Å². The van der Waals surface area contributed by atoms with Gasteiger partial charge in [-0.1, -0.05) is 49.6 Å².